The number of fused-ring (bicyclic) bond motifs is 1. The van der Waals surface area contributed by atoms with E-state index in [0.717, 1.165) is 6.42 Å². The first-order valence-corrected chi connectivity index (χ1v) is 7.44. The average molecular weight is 307 g/mol. The van der Waals surface area contributed by atoms with Gasteiger partial charge >= 0.3 is 0 Å². The van der Waals surface area contributed by atoms with Crippen LogP contribution in [0.1, 0.15) is 23.5 Å². The first kappa shape index (κ1) is 15.0. The van der Waals surface area contributed by atoms with Gasteiger partial charge in [0.05, 0.1) is 18.6 Å². The Morgan fingerprint density at radius 1 is 1.41 bits per heavy atom. The molecule has 2 saturated heterocycles. The molecular weight excluding hydrogens is 286 g/mol. The second-order valence-corrected chi connectivity index (χ2v) is 6.24. The van der Waals surface area contributed by atoms with Crippen LogP contribution in [0.3, 0.4) is 0 Å². The molecule has 1 aromatic heterocycles. The molecule has 0 saturated carbocycles. The fourth-order valence-corrected chi connectivity index (χ4v) is 3.12. The third kappa shape index (κ3) is 2.83. The van der Waals surface area contributed by atoms with Gasteiger partial charge in [-0.3, -0.25) is 14.3 Å². The summed E-state index contributed by atoms with van der Waals surface area (Å²) in [7, 11) is 5.23. The van der Waals surface area contributed by atoms with E-state index < -0.39 is 0 Å². The summed E-state index contributed by atoms with van der Waals surface area (Å²) in [5.74, 6) is 0.449. The summed E-state index contributed by atoms with van der Waals surface area (Å²) in [6.07, 6.45) is 2.74. The van der Waals surface area contributed by atoms with E-state index in [1.165, 1.54) is 11.0 Å². The van der Waals surface area contributed by atoms with E-state index in [1.807, 2.05) is 0 Å². The topological polar surface area (TPSA) is 80.6 Å². The molecule has 8 heteroatoms. The van der Waals surface area contributed by atoms with Gasteiger partial charge in [-0.05, 0) is 6.42 Å². The SMILES string of the molecule is CN(C)C(=O)C[C@H]1C[C@H]2CN(C(=O)c3ncn(C)n3)C[C@H]2O1. The zero-order valence-corrected chi connectivity index (χ0v) is 13.1. The van der Waals surface area contributed by atoms with E-state index in [-0.39, 0.29) is 29.8 Å². The molecule has 1 aromatic rings. The van der Waals surface area contributed by atoms with Crippen molar-refractivity contribution in [2.24, 2.45) is 13.0 Å². The molecule has 0 aliphatic carbocycles. The summed E-state index contributed by atoms with van der Waals surface area (Å²) in [6, 6.07) is 0. The maximum absolute atomic E-state index is 12.3. The highest BCUT2D eigenvalue weighted by atomic mass is 16.5. The fraction of sp³-hybridized carbons (Fsp3) is 0.714. The lowest BCUT2D eigenvalue weighted by Crippen LogP contribution is -2.33. The Balaban J connectivity index is 1.55. The first-order chi connectivity index (χ1) is 10.4. The number of hydrogen-bond acceptors (Lipinski definition) is 5. The lowest BCUT2D eigenvalue weighted by molar-refractivity contribution is -0.131. The number of aryl methyl sites for hydroxylation is 1. The number of nitrogens with zero attached hydrogens (tertiary/aromatic N) is 5. The van der Waals surface area contributed by atoms with Crippen molar-refractivity contribution in [3.63, 3.8) is 0 Å². The van der Waals surface area contributed by atoms with Crippen LogP contribution >= 0.6 is 0 Å². The summed E-state index contributed by atoms with van der Waals surface area (Å²) in [4.78, 5) is 31.4. The van der Waals surface area contributed by atoms with Crippen LogP contribution in [-0.4, -0.2) is 75.8 Å². The van der Waals surface area contributed by atoms with Gasteiger partial charge in [-0.25, -0.2) is 4.98 Å². The molecule has 0 bridgehead atoms. The highest BCUT2D eigenvalue weighted by Crippen LogP contribution is 2.34. The van der Waals surface area contributed by atoms with E-state index in [0.29, 0.717) is 25.4 Å². The van der Waals surface area contributed by atoms with Gasteiger partial charge in [0.2, 0.25) is 11.7 Å². The van der Waals surface area contributed by atoms with Crippen molar-refractivity contribution in [1.29, 1.82) is 0 Å². The number of carbonyl (C=O) groups is 2. The lowest BCUT2D eigenvalue weighted by atomic mass is 10.0. The van der Waals surface area contributed by atoms with Crippen molar-refractivity contribution in [1.82, 2.24) is 24.6 Å². The quantitative estimate of drug-likeness (QED) is 0.754. The zero-order valence-electron chi connectivity index (χ0n) is 13.1. The van der Waals surface area contributed by atoms with E-state index in [1.54, 1.807) is 30.9 Å². The van der Waals surface area contributed by atoms with Gasteiger partial charge in [0, 0.05) is 40.2 Å². The Morgan fingerprint density at radius 3 is 2.77 bits per heavy atom. The first-order valence-electron chi connectivity index (χ1n) is 7.44. The van der Waals surface area contributed by atoms with Crippen LogP contribution in [0, 0.1) is 5.92 Å². The molecular formula is C14H21N5O3. The third-order valence-corrected chi connectivity index (χ3v) is 4.29. The van der Waals surface area contributed by atoms with Gasteiger partial charge in [-0.1, -0.05) is 0 Å². The Bertz CT molecular complexity index is 571. The standard InChI is InChI=1S/C14H21N5O3/c1-17(2)12(20)5-10-4-9-6-19(7-11(9)22-10)14(21)13-15-8-18(3)16-13/h8-11H,4-7H2,1-3H3/t9-,10+,11+/m0/s1. The summed E-state index contributed by atoms with van der Waals surface area (Å²) < 4.78 is 7.46. The minimum atomic E-state index is -0.153. The highest BCUT2D eigenvalue weighted by Gasteiger charge is 2.44. The minimum absolute atomic E-state index is 0.0209. The molecule has 3 atom stereocenters. The van der Waals surface area contributed by atoms with Crippen molar-refractivity contribution >= 4 is 11.8 Å². The van der Waals surface area contributed by atoms with Crippen LogP contribution in [0.25, 0.3) is 0 Å². The zero-order chi connectivity index (χ0) is 15.9. The summed E-state index contributed by atoms with van der Waals surface area (Å²) in [5.41, 5.74) is 0. The van der Waals surface area contributed by atoms with Crippen LogP contribution in [-0.2, 0) is 16.6 Å². The van der Waals surface area contributed by atoms with Gasteiger partial charge in [0.15, 0.2) is 0 Å². The van der Waals surface area contributed by atoms with Crippen molar-refractivity contribution in [2.75, 3.05) is 27.2 Å². The number of ether oxygens (including phenoxy) is 1. The second-order valence-electron chi connectivity index (χ2n) is 6.24. The monoisotopic (exact) mass is 307 g/mol. The summed E-state index contributed by atoms with van der Waals surface area (Å²) in [5, 5.41) is 4.05. The Hall–Kier alpha value is -1.96. The molecule has 0 N–H and O–H groups in total. The van der Waals surface area contributed by atoms with Gasteiger partial charge < -0.3 is 14.5 Å². The largest absolute Gasteiger partial charge is 0.372 e. The minimum Gasteiger partial charge on any atom is -0.372 e. The molecule has 2 fully saturated rings. The highest BCUT2D eigenvalue weighted by molar-refractivity contribution is 5.90. The van der Waals surface area contributed by atoms with Crippen LogP contribution < -0.4 is 0 Å². The summed E-state index contributed by atoms with van der Waals surface area (Å²) >= 11 is 0. The third-order valence-electron chi connectivity index (χ3n) is 4.29. The van der Waals surface area contributed by atoms with Crippen LogP contribution in [0.2, 0.25) is 0 Å². The molecule has 22 heavy (non-hydrogen) atoms. The number of carbonyl (C=O) groups excluding carboxylic acids is 2. The number of hydrogen-bond donors (Lipinski definition) is 0. The normalized spacial score (nSPS) is 27.0. The van der Waals surface area contributed by atoms with E-state index in [2.05, 4.69) is 10.1 Å². The molecule has 2 aliphatic heterocycles. The fourth-order valence-electron chi connectivity index (χ4n) is 3.12. The molecule has 0 spiro atoms. The van der Waals surface area contributed by atoms with Crippen LogP contribution in [0.5, 0.6) is 0 Å². The predicted molar refractivity (Wildman–Crippen MR) is 77.0 cm³/mol. The van der Waals surface area contributed by atoms with Crippen LogP contribution in [0.15, 0.2) is 6.33 Å². The van der Waals surface area contributed by atoms with Gasteiger partial charge in [0.1, 0.15) is 6.33 Å². The molecule has 2 aliphatic rings. The molecule has 2 amide bonds. The molecule has 0 unspecified atom stereocenters. The van der Waals surface area contributed by atoms with E-state index >= 15 is 0 Å². The number of rotatable bonds is 3. The Labute approximate surface area is 129 Å². The summed E-state index contributed by atoms with van der Waals surface area (Å²) in [6.45, 7) is 1.20. The maximum atomic E-state index is 12.3. The van der Waals surface area contributed by atoms with Crippen molar-refractivity contribution in [3.05, 3.63) is 12.2 Å². The Morgan fingerprint density at radius 2 is 2.18 bits per heavy atom. The number of amides is 2. The average Bonchev–Trinajstić information content (AvgIpc) is 3.12. The maximum Gasteiger partial charge on any atom is 0.293 e. The van der Waals surface area contributed by atoms with E-state index in [4.69, 9.17) is 4.74 Å². The molecule has 120 valence electrons. The number of likely N-dealkylation sites (tertiary alicyclic amines) is 1. The van der Waals surface area contributed by atoms with Gasteiger partial charge in [0.25, 0.3) is 5.91 Å². The van der Waals surface area contributed by atoms with E-state index in [9.17, 15) is 9.59 Å². The van der Waals surface area contributed by atoms with Crippen molar-refractivity contribution < 1.29 is 14.3 Å². The molecule has 0 radical (unpaired) electrons. The predicted octanol–water partition coefficient (Wildman–Crippen LogP) is -0.477. The molecule has 3 rings (SSSR count). The lowest BCUT2D eigenvalue weighted by Gasteiger charge is -2.19. The smallest absolute Gasteiger partial charge is 0.293 e. The molecule has 8 nitrogen and oxygen atoms in total. The van der Waals surface area contributed by atoms with Crippen molar-refractivity contribution in [3.8, 4) is 0 Å². The van der Waals surface area contributed by atoms with Crippen LogP contribution in [0.4, 0.5) is 0 Å². The number of aromatic nitrogens is 3. The molecule has 3 heterocycles. The molecule has 0 aromatic carbocycles. The Kier molecular flexibility index (Phi) is 3.86. The van der Waals surface area contributed by atoms with Gasteiger partial charge in [-0.15, -0.1) is 5.10 Å². The second kappa shape index (κ2) is 5.68. The van der Waals surface area contributed by atoms with Crippen molar-refractivity contribution in [2.45, 2.75) is 25.0 Å². The van der Waals surface area contributed by atoms with Gasteiger partial charge in [-0.2, -0.15) is 0 Å².